The van der Waals surface area contributed by atoms with E-state index in [4.69, 9.17) is 16.2 Å². The highest BCUT2D eigenvalue weighted by atomic mass is 16.5. The maximum atomic E-state index is 10.8. The van der Waals surface area contributed by atoms with Gasteiger partial charge in [-0.25, -0.2) is 0 Å². The summed E-state index contributed by atoms with van der Waals surface area (Å²) in [5.74, 6) is 0.278. The third-order valence-corrected chi connectivity index (χ3v) is 3.23. The van der Waals surface area contributed by atoms with Crippen molar-refractivity contribution in [1.29, 1.82) is 0 Å². The van der Waals surface area contributed by atoms with E-state index in [1.807, 2.05) is 0 Å². The number of piperidine rings is 1. The summed E-state index contributed by atoms with van der Waals surface area (Å²) in [7, 11) is 1.75. The highest BCUT2D eigenvalue weighted by Crippen LogP contribution is 2.17. The zero-order valence-electron chi connectivity index (χ0n) is 10.0. The van der Waals surface area contributed by atoms with Gasteiger partial charge >= 0.3 is 0 Å². The van der Waals surface area contributed by atoms with Gasteiger partial charge in [-0.1, -0.05) is 0 Å². The first-order valence-corrected chi connectivity index (χ1v) is 5.89. The van der Waals surface area contributed by atoms with Crippen LogP contribution in [-0.2, 0) is 9.53 Å². The molecule has 1 aliphatic heterocycles. The van der Waals surface area contributed by atoms with Crippen LogP contribution in [0.4, 0.5) is 0 Å². The molecule has 1 fully saturated rings. The van der Waals surface area contributed by atoms with Crippen molar-refractivity contribution in [3.05, 3.63) is 0 Å². The number of carbonyl (C=O) groups excluding carboxylic acids is 1. The van der Waals surface area contributed by atoms with Crippen molar-refractivity contribution in [2.45, 2.75) is 25.3 Å². The van der Waals surface area contributed by atoms with Crippen LogP contribution in [0.25, 0.3) is 0 Å². The first kappa shape index (κ1) is 13.4. The number of rotatable bonds is 6. The molecule has 94 valence electrons. The third-order valence-electron chi connectivity index (χ3n) is 3.23. The van der Waals surface area contributed by atoms with Crippen LogP contribution >= 0.6 is 0 Å². The predicted molar refractivity (Wildman–Crippen MR) is 62.8 cm³/mol. The van der Waals surface area contributed by atoms with Crippen LogP contribution in [0.5, 0.6) is 0 Å². The fraction of sp³-hybridized carbons (Fsp3) is 0.909. The molecule has 0 aliphatic carbocycles. The normalized spacial score (nSPS) is 20.9. The van der Waals surface area contributed by atoms with E-state index in [-0.39, 0.29) is 0 Å². The summed E-state index contributed by atoms with van der Waals surface area (Å²) in [6.07, 6.45) is 2.99. The van der Waals surface area contributed by atoms with Crippen LogP contribution in [0.1, 0.15) is 19.3 Å². The quantitative estimate of drug-likeness (QED) is 0.646. The summed E-state index contributed by atoms with van der Waals surface area (Å²) >= 11 is 0. The van der Waals surface area contributed by atoms with E-state index in [1.165, 1.54) is 12.8 Å². The Bertz CT molecular complexity index is 215. The van der Waals surface area contributed by atoms with Gasteiger partial charge in [0.05, 0.1) is 6.04 Å². The minimum atomic E-state index is -0.503. The number of primary amides is 1. The van der Waals surface area contributed by atoms with Crippen LogP contribution in [0, 0.1) is 5.92 Å². The molecule has 0 aromatic heterocycles. The molecule has 1 rings (SSSR count). The molecule has 0 radical (unpaired) electrons. The molecule has 0 saturated carbocycles. The lowest BCUT2D eigenvalue weighted by Crippen LogP contribution is -2.42. The van der Waals surface area contributed by atoms with Gasteiger partial charge in [-0.3, -0.25) is 4.79 Å². The van der Waals surface area contributed by atoms with E-state index in [0.29, 0.717) is 12.3 Å². The molecule has 0 spiro atoms. The Morgan fingerprint density at radius 3 is 2.62 bits per heavy atom. The molecular weight excluding hydrogens is 206 g/mol. The van der Waals surface area contributed by atoms with Crippen LogP contribution < -0.4 is 11.5 Å². The molecule has 0 aromatic rings. The minimum Gasteiger partial charge on any atom is -0.384 e. The lowest BCUT2D eigenvalue weighted by molar-refractivity contribution is -0.119. The molecule has 1 heterocycles. The Hall–Kier alpha value is -0.650. The van der Waals surface area contributed by atoms with Gasteiger partial charge in [0.2, 0.25) is 5.91 Å². The monoisotopic (exact) mass is 229 g/mol. The van der Waals surface area contributed by atoms with Gasteiger partial charge in [-0.15, -0.1) is 0 Å². The summed E-state index contributed by atoms with van der Waals surface area (Å²) in [5, 5.41) is 0. The number of hydrogen-bond donors (Lipinski definition) is 2. The second-order valence-corrected chi connectivity index (χ2v) is 4.54. The Balaban J connectivity index is 2.14. The third kappa shape index (κ3) is 4.47. The summed E-state index contributed by atoms with van der Waals surface area (Å²) < 4.78 is 5.15. The fourth-order valence-corrected chi connectivity index (χ4v) is 2.08. The minimum absolute atomic E-state index is 0.408. The van der Waals surface area contributed by atoms with E-state index in [0.717, 1.165) is 26.2 Å². The van der Waals surface area contributed by atoms with E-state index in [9.17, 15) is 4.79 Å². The molecule has 4 N–H and O–H groups in total. The second-order valence-electron chi connectivity index (χ2n) is 4.54. The first-order chi connectivity index (χ1) is 7.63. The Labute approximate surface area is 97.1 Å². The fourth-order valence-electron chi connectivity index (χ4n) is 2.08. The summed E-state index contributed by atoms with van der Waals surface area (Å²) in [6, 6.07) is -0.503. The Morgan fingerprint density at radius 2 is 2.12 bits per heavy atom. The topological polar surface area (TPSA) is 81.6 Å². The highest BCUT2D eigenvalue weighted by molar-refractivity contribution is 5.79. The average molecular weight is 229 g/mol. The van der Waals surface area contributed by atoms with Crippen LogP contribution in [0.3, 0.4) is 0 Å². The van der Waals surface area contributed by atoms with Gasteiger partial charge in [0.1, 0.15) is 0 Å². The Kier molecular flexibility index (Phi) is 5.73. The van der Waals surface area contributed by atoms with Gasteiger partial charge in [-0.05, 0) is 38.3 Å². The molecular formula is C11H23N3O2. The predicted octanol–water partition coefficient (Wildman–Crippen LogP) is -0.452. The molecule has 1 amide bonds. The number of amides is 1. The molecule has 0 bridgehead atoms. The van der Waals surface area contributed by atoms with Crippen molar-refractivity contribution < 1.29 is 9.53 Å². The van der Waals surface area contributed by atoms with Crippen molar-refractivity contribution in [3.63, 3.8) is 0 Å². The van der Waals surface area contributed by atoms with E-state index in [1.54, 1.807) is 7.11 Å². The highest BCUT2D eigenvalue weighted by Gasteiger charge is 2.19. The van der Waals surface area contributed by atoms with Gasteiger partial charge in [0.25, 0.3) is 0 Å². The van der Waals surface area contributed by atoms with Gasteiger partial charge in [0.15, 0.2) is 0 Å². The molecule has 16 heavy (non-hydrogen) atoms. The maximum Gasteiger partial charge on any atom is 0.234 e. The van der Waals surface area contributed by atoms with Crippen LogP contribution in [0.15, 0.2) is 0 Å². The van der Waals surface area contributed by atoms with Crippen molar-refractivity contribution in [3.8, 4) is 0 Å². The van der Waals surface area contributed by atoms with E-state index >= 15 is 0 Å². The summed E-state index contributed by atoms with van der Waals surface area (Å²) in [6.45, 7) is 3.86. The second kappa shape index (κ2) is 6.83. The zero-order valence-corrected chi connectivity index (χ0v) is 10.0. The van der Waals surface area contributed by atoms with Gasteiger partial charge in [-0.2, -0.15) is 0 Å². The van der Waals surface area contributed by atoms with Crippen LogP contribution in [-0.4, -0.2) is 50.2 Å². The molecule has 5 heteroatoms. The summed E-state index contributed by atoms with van der Waals surface area (Å²) in [4.78, 5) is 13.1. The largest absolute Gasteiger partial charge is 0.384 e. The lowest BCUT2D eigenvalue weighted by atomic mass is 9.97. The molecule has 1 atom stereocenters. The number of nitrogens with zero attached hydrogens (tertiary/aromatic N) is 1. The lowest BCUT2D eigenvalue weighted by Gasteiger charge is -2.31. The first-order valence-electron chi connectivity index (χ1n) is 5.89. The number of nitrogens with two attached hydrogens (primary N) is 2. The van der Waals surface area contributed by atoms with Gasteiger partial charge < -0.3 is 21.1 Å². The van der Waals surface area contributed by atoms with Crippen LogP contribution in [0.2, 0.25) is 0 Å². The molecule has 1 unspecified atom stereocenters. The number of carbonyl (C=O) groups is 1. The number of hydrogen-bond acceptors (Lipinski definition) is 4. The smallest absolute Gasteiger partial charge is 0.234 e. The number of likely N-dealkylation sites (tertiary alicyclic amines) is 1. The van der Waals surface area contributed by atoms with Crippen molar-refractivity contribution in [2.24, 2.45) is 17.4 Å². The van der Waals surface area contributed by atoms with E-state index < -0.39 is 11.9 Å². The molecule has 1 saturated heterocycles. The standard InChI is InChI=1S/C11H23N3O2/c1-16-8-9-2-5-14(6-3-9)7-4-10(12)11(13)15/h9-10H,2-8,12H2,1H3,(H2,13,15). The van der Waals surface area contributed by atoms with Crippen molar-refractivity contribution in [2.75, 3.05) is 33.4 Å². The number of methoxy groups -OCH3 is 1. The van der Waals surface area contributed by atoms with Crippen molar-refractivity contribution in [1.82, 2.24) is 4.90 Å². The van der Waals surface area contributed by atoms with E-state index in [2.05, 4.69) is 4.90 Å². The van der Waals surface area contributed by atoms with Crippen molar-refractivity contribution >= 4 is 5.91 Å². The average Bonchev–Trinajstić information content (AvgIpc) is 2.28. The Morgan fingerprint density at radius 1 is 1.50 bits per heavy atom. The molecule has 0 aromatic carbocycles. The molecule has 5 nitrogen and oxygen atoms in total. The number of ether oxygens (including phenoxy) is 1. The van der Waals surface area contributed by atoms with Gasteiger partial charge in [0, 0.05) is 20.3 Å². The zero-order chi connectivity index (χ0) is 12.0. The SMILES string of the molecule is COCC1CCN(CCC(N)C(N)=O)CC1. The maximum absolute atomic E-state index is 10.8. The molecule has 1 aliphatic rings. The summed E-state index contributed by atoms with van der Waals surface area (Å²) in [5.41, 5.74) is 10.7.